The van der Waals surface area contributed by atoms with Gasteiger partial charge in [-0.05, 0) is 37.5 Å². The molecule has 1 fully saturated rings. The molecular weight excluding hydrogens is 290 g/mol. The Morgan fingerprint density at radius 2 is 2.00 bits per heavy atom. The standard InChI is InChI=1S/C15H17NO4S/c1-3-4-11(2)16-21(19,20)13-7-5-12(6-8-13)15(9-10-15)14(17)18/h1,5-8,11,16H,4,9-10H2,2H3,(H,17,18). The molecule has 0 spiro atoms. The van der Waals surface area contributed by atoms with Crippen molar-refractivity contribution in [2.45, 2.75) is 42.5 Å². The number of sulfonamides is 1. The molecule has 1 aromatic carbocycles. The van der Waals surface area contributed by atoms with Gasteiger partial charge >= 0.3 is 5.97 Å². The van der Waals surface area contributed by atoms with Crippen LogP contribution in [0.4, 0.5) is 0 Å². The lowest BCUT2D eigenvalue weighted by atomic mass is 9.96. The van der Waals surface area contributed by atoms with E-state index in [9.17, 15) is 18.3 Å². The van der Waals surface area contributed by atoms with E-state index in [0.717, 1.165) is 0 Å². The maximum atomic E-state index is 12.1. The molecule has 0 amide bonds. The Balaban J connectivity index is 2.20. The molecule has 0 aromatic heterocycles. The molecule has 2 rings (SSSR count). The van der Waals surface area contributed by atoms with Crippen LogP contribution in [0.15, 0.2) is 29.2 Å². The Bertz CT molecular complexity index is 681. The summed E-state index contributed by atoms with van der Waals surface area (Å²) in [6, 6.07) is 5.66. The van der Waals surface area contributed by atoms with E-state index in [0.29, 0.717) is 24.8 Å². The predicted molar refractivity (Wildman–Crippen MR) is 78.2 cm³/mol. The van der Waals surface area contributed by atoms with Gasteiger partial charge in [-0.3, -0.25) is 4.79 Å². The van der Waals surface area contributed by atoms with Crippen LogP contribution in [0.1, 0.15) is 31.7 Å². The minimum Gasteiger partial charge on any atom is -0.481 e. The molecular formula is C15H17NO4S. The minimum atomic E-state index is -3.64. The van der Waals surface area contributed by atoms with Crippen LogP contribution in [0, 0.1) is 12.3 Å². The van der Waals surface area contributed by atoms with Crippen molar-refractivity contribution >= 4 is 16.0 Å². The predicted octanol–water partition coefficient (Wildman–Crippen LogP) is 1.49. The highest BCUT2D eigenvalue weighted by molar-refractivity contribution is 7.89. The fourth-order valence-corrected chi connectivity index (χ4v) is 3.50. The summed E-state index contributed by atoms with van der Waals surface area (Å²) in [7, 11) is -3.64. The van der Waals surface area contributed by atoms with Gasteiger partial charge in [0, 0.05) is 12.5 Å². The van der Waals surface area contributed by atoms with Crippen LogP contribution < -0.4 is 4.72 Å². The van der Waals surface area contributed by atoms with E-state index in [2.05, 4.69) is 10.6 Å². The summed E-state index contributed by atoms with van der Waals surface area (Å²) in [4.78, 5) is 11.3. The summed E-state index contributed by atoms with van der Waals surface area (Å²) in [5.41, 5.74) is -0.183. The number of carbonyl (C=O) groups is 1. The van der Waals surface area contributed by atoms with Crippen LogP contribution in [0.3, 0.4) is 0 Å². The Kier molecular flexibility index (Phi) is 4.08. The summed E-state index contributed by atoms with van der Waals surface area (Å²) in [6.45, 7) is 1.69. The smallest absolute Gasteiger partial charge is 0.314 e. The van der Waals surface area contributed by atoms with Crippen LogP contribution in [0.2, 0.25) is 0 Å². The molecule has 21 heavy (non-hydrogen) atoms. The Hall–Kier alpha value is -1.84. The van der Waals surface area contributed by atoms with E-state index in [1.807, 2.05) is 0 Å². The highest BCUT2D eigenvalue weighted by Gasteiger charge is 2.51. The number of hydrogen-bond acceptors (Lipinski definition) is 3. The van der Waals surface area contributed by atoms with E-state index >= 15 is 0 Å². The summed E-state index contributed by atoms with van der Waals surface area (Å²) in [6.07, 6.45) is 6.63. The normalized spacial score (nSPS) is 17.7. The molecule has 1 aliphatic rings. The van der Waals surface area contributed by atoms with Crippen molar-refractivity contribution < 1.29 is 18.3 Å². The first-order chi connectivity index (χ1) is 9.82. The van der Waals surface area contributed by atoms with Crippen LogP contribution in [0.25, 0.3) is 0 Å². The van der Waals surface area contributed by atoms with E-state index in [1.54, 1.807) is 19.1 Å². The van der Waals surface area contributed by atoms with Gasteiger partial charge in [0.25, 0.3) is 0 Å². The molecule has 5 nitrogen and oxygen atoms in total. The zero-order valence-electron chi connectivity index (χ0n) is 11.7. The zero-order valence-corrected chi connectivity index (χ0v) is 12.5. The fourth-order valence-electron chi connectivity index (χ4n) is 2.26. The van der Waals surface area contributed by atoms with E-state index in [1.165, 1.54) is 12.1 Å². The van der Waals surface area contributed by atoms with Crippen molar-refractivity contribution in [2.24, 2.45) is 0 Å². The van der Waals surface area contributed by atoms with E-state index < -0.39 is 21.4 Å². The first-order valence-electron chi connectivity index (χ1n) is 6.61. The number of rotatable bonds is 6. The first kappa shape index (κ1) is 15.5. The zero-order chi connectivity index (χ0) is 15.7. The number of carboxylic acid groups (broad SMARTS) is 1. The third-order valence-electron chi connectivity index (χ3n) is 3.66. The molecule has 0 aliphatic heterocycles. The molecule has 0 heterocycles. The lowest BCUT2D eigenvalue weighted by Gasteiger charge is -2.13. The van der Waals surface area contributed by atoms with E-state index in [-0.39, 0.29) is 10.9 Å². The van der Waals surface area contributed by atoms with Crippen molar-refractivity contribution in [3.05, 3.63) is 29.8 Å². The summed E-state index contributed by atoms with van der Waals surface area (Å²) in [5, 5.41) is 9.21. The van der Waals surface area contributed by atoms with Crippen LogP contribution in [-0.2, 0) is 20.2 Å². The highest BCUT2D eigenvalue weighted by atomic mass is 32.2. The molecule has 1 unspecified atom stereocenters. The fraction of sp³-hybridized carbons (Fsp3) is 0.400. The quantitative estimate of drug-likeness (QED) is 0.780. The molecule has 2 N–H and O–H groups in total. The number of benzene rings is 1. The Labute approximate surface area is 124 Å². The Morgan fingerprint density at radius 1 is 1.43 bits per heavy atom. The number of nitrogens with one attached hydrogen (secondary N) is 1. The second-order valence-electron chi connectivity index (χ2n) is 5.34. The molecule has 1 saturated carbocycles. The number of carboxylic acids is 1. The molecule has 1 aliphatic carbocycles. The number of aliphatic carboxylic acids is 1. The van der Waals surface area contributed by atoms with Gasteiger partial charge in [-0.15, -0.1) is 12.3 Å². The summed E-state index contributed by atoms with van der Waals surface area (Å²) < 4.78 is 26.7. The molecule has 0 saturated heterocycles. The van der Waals surface area contributed by atoms with E-state index in [4.69, 9.17) is 6.42 Å². The lowest BCUT2D eigenvalue weighted by molar-refractivity contribution is -0.140. The maximum Gasteiger partial charge on any atom is 0.314 e. The van der Waals surface area contributed by atoms with Gasteiger partial charge in [0.15, 0.2) is 0 Å². The van der Waals surface area contributed by atoms with Gasteiger partial charge in [0.1, 0.15) is 0 Å². The van der Waals surface area contributed by atoms with Crippen LogP contribution in [0.5, 0.6) is 0 Å². The minimum absolute atomic E-state index is 0.108. The topological polar surface area (TPSA) is 83.5 Å². The molecule has 1 aromatic rings. The first-order valence-corrected chi connectivity index (χ1v) is 8.10. The van der Waals surface area contributed by atoms with Gasteiger partial charge in [-0.1, -0.05) is 12.1 Å². The SMILES string of the molecule is C#CCC(C)NS(=O)(=O)c1ccc(C2(C(=O)O)CC2)cc1. The third kappa shape index (κ3) is 3.09. The number of hydrogen-bond donors (Lipinski definition) is 2. The van der Waals surface area contributed by atoms with Crippen LogP contribution in [-0.4, -0.2) is 25.5 Å². The van der Waals surface area contributed by atoms with Gasteiger partial charge in [0.05, 0.1) is 10.3 Å². The van der Waals surface area contributed by atoms with Crippen molar-refractivity contribution in [2.75, 3.05) is 0 Å². The van der Waals surface area contributed by atoms with Crippen molar-refractivity contribution in [3.8, 4) is 12.3 Å². The monoisotopic (exact) mass is 307 g/mol. The molecule has 0 radical (unpaired) electrons. The van der Waals surface area contributed by atoms with Gasteiger partial charge in [-0.2, -0.15) is 0 Å². The molecule has 6 heteroatoms. The largest absolute Gasteiger partial charge is 0.481 e. The number of terminal acetylenes is 1. The lowest BCUT2D eigenvalue weighted by Crippen LogP contribution is -2.32. The van der Waals surface area contributed by atoms with Gasteiger partial charge in [0.2, 0.25) is 10.0 Å². The second-order valence-corrected chi connectivity index (χ2v) is 7.06. The third-order valence-corrected chi connectivity index (χ3v) is 5.26. The van der Waals surface area contributed by atoms with Crippen molar-refractivity contribution in [1.29, 1.82) is 0 Å². The summed E-state index contributed by atoms with van der Waals surface area (Å²) in [5.74, 6) is 1.54. The molecule has 112 valence electrons. The maximum absolute atomic E-state index is 12.1. The van der Waals surface area contributed by atoms with Crippen molar-refractivity contribution in [1.82, 2.24) is 4.72 Å². The molecule has 1 atom stereocenters. The highest BCUT2D eigenvalue weighted by Crippen LogP contribution is 2.48. The molecule has 0 bridgehead atoms. The van der Waals surface area contributed by atoms with Crippen molar-refractivity contribution in [3.63, 3.8) is 0 Å². The van der Waals surface area contributed by atoms with Crippen LogP contribution >= 0.6 is 0 Å². The summed E-state index contributed by atoms with van der Waals surface area (Å²) >= 11 is 0. The van der Waals surface area contributed by atoms with Gasteiger partial charge in [-0.25, -0.2) is 13.1 Å². The Morgan fingerprint density at radius 3 is 2.43 bits per heavy atom. The second kappa shape index (κ2) is 5.51. The average molecular weight is 307 g/mol. The average Bonchev–Trinajstić information content (AvgIpc) is 3.20. The van der Waals surface area contributed by atoms with Gasteiger partial charge < -0.3 is 5.11 Å².